The molecule has 14 heavy (non-hydrogen) atoms. The van der Waals surface area contributed by atoms with Crippen molar-refractivity contribution in [1.82, 2.24) is 4.98 Å². The molecule has 0 aliphatic rings. The van der Waals surface area contributed by atoms with Crippen LogP contribution in [-0.4, -0.2) is 4.98 Å². The second kappa shape index (κ2) is 3.58. The average Bonchev–Trinajstić information content (AvgIpc) is 2.18. The van der Waals surface area contributed by atoms with Gasteiger partial charge in [-0.25, -0.2) is 4.39 Å². The Hall–Kier alpha value is -1.70. The molecule has 2 aromatic rings. The van der Waals surface area contributed by atoms with Crippen LogP contribution in [0.2, 0.25) is 0 Å². The van der Waals surface area contributed by atoms with Gasteiger partial charge in [0.2, 0.25) is 0 Å². The van der Waals surface area contributed by atoms with Gasteiger partial charge in [0, 0.05) is 18.0 Å². The van der Waals surface area contributed by atoms with E-state index in [1.165, 1.54) is 12.1 Å². The third kappa shape index (κ3) is 1.79. The van der Waals surface area contributed by atoms with E-state index in [2.05, 4.69) is 4.98 Å². The van der Waals surface area contributed by atoms with Gasteiger partial charge in [-0.2, -0.15) is 0 Å². The fourth-order valence-electron chi connectivity index (χ4n) is 1.44. The van der Waals surface area contributed by atoms with Crippen molar-refractivity contribution < 1.29 is 4.39 Å². The van der Waals surface area contributed by atoms with Crippen molar-refractivity contribution in [2.24, 2.45) is 0 Å². The van der Waals surface area contributed by atoms with E-state index in [0.29, 0.717) is 0 Å². The number of benzene rings is 1. The Bertz CT molecular complexity index is 417. The van der Waals surface area contributed by atoms with Gasteiger partial charge in [-0.3, -0.25) is 4.98 Å². The summed E-state index contributed by atoms with van der Waals surface area (Å²) in [5, 5.41) is 0. The van der Waals surface area contributed by atoms with Gasteiger partial charge in [0.15, 0.2) is 0 Å². The van der Waals surface area contributed by atoms with Crippen LogP contribution in [0.5, 0.6) is 0 Å². The topological polar surface area (TPSA) is 12.9 Å². The first-order valence-electron chi connectivity index (χ1n) is 4.43. The van der Waals surface area contributed by atoms with Crippen molar-refractivity contribution in [3.63, 3.8) is 0 Å². The summed E-state index contributed by atoms with van der Waals surface area (Å²) in [4.78, 5) is 4.00. The lowest BCUT2D eigenvalue weighted by Crippen LogP contribution is -1.83. The number of aromatic nitrogens is 1. The minimum Gasteiger partial charge on any atom is -0.264 e. The van der Waals surface area contributed by atoms with Crippen LogP contribution in [0.15, 0.2) is 42.7 Å². The molecule has 0 unspecified atom stereocenters. The van der Waals surface area contributed by atoms with E-state index >= 15 is 0 Å². The zero-order valence-corrected chi connectivity index (χ0v) is 7.87. The average molecular weight is 187 g/mol. The second-order valence-corrected chi connectivity index (χ2v) is 3.26. The van der Waals surface area contributed by atoms with Gasteiger partial charge in [-0.1, -0.05) is 12.1 Å². The number of aryl methyl sites for hydroxylation is 1. The van der Waals surface area contributed by atoms with Crippen LogP contribution in [0.4, 0.5) is 4.39 Å². The molecule has 0 saturated carbocycles. The highest BCUT2D eigenvalue weighted by Gasteiger charge is 2.00. The fourth-order valence-corrected chi connectivity index (χ4v) is 1.44. The zero-order valence-electron chi connectivity index (χ0n) is 7.87. The van der Waals surface area contributed by atoms with Crippen molar-refractivity contribution in [1.29, 1.82) is 0 Å². The van der Waals surface area contributed by atoms with Crippen LogP contribution in [0.3, 0.4) is 0 Å². The van der Waals surface area contributed by atoms with Crippen LogP contribution in [0.1, 0.15) is 5.56 Å². The molecule has 0 saturated heterocycles. The van der Waals surface area contributed by atoms with E-state index < -0.39 is 0 Å². The molecular weight excluding hydrogens is 177 g/mol. The van der Waals surface area contributed by atoms with Gasteiger partial charge >= 0.3 is 0 Å². The van der Waals surface area contributed by atoms with Crippen LogP contribution in [0, 0.1) is 12.7 Å². The van der Waals surface area contributed by atoms with Crippen LogP contribution in [0.25, 0.3) is 11.1 Å². The Morgan fingerprint density at radius 3 is 2.64 bits per heavy atom. The highest BCUT2D eigenvalue weighted by atomic mass is 19.1. The minimum atomic E-state index is -0.205. The van der Waals surface area contributed by atoms with Crippen LogP contribution >= 0.6 is 0 Å². The molecule has 0 atom stereocenters. The highest BCUT2D eigenvalue weighted by molar-refractivity contribution is 5.63. The van der Waals surface area contributed by atoms with Gasteiger partial charge in [0.1, 0.15) is 5.82 Å². The number of nitrogens with zero attached hydrogens (tertiary/aromatic N) is 1. The maximum Gasteiger partial charge on any atom is 0.124 e. The Morgan fingerprint density at radius 2 is 2.00 bits per heavy atom. The molecule has 0 aliphatic carbocycles. The quantitative estimate of drug-likeness (QED) is 0.668. The Kier molecular flexibility index (Phi) is 2.27. The van der Waals surface area contributed by atoms with Crippen LogP contribution < -0.4 is 0 Å². The summed E-state index contributed by atoms with van der Waals surface area (Å²) in [6, 6.07) is 8.74. The number of halogens is 1. The summed E-state index contributed by atoms with van der Waals surface area (Å²) in [7, 11) is 0. The maximum atomic E-state index is 13.1. The van der Waals surface area contributed by atoms with E-state index in [1.807, 2.05) is 25.1 Å². The smallest absolute Gasteiger partial charge is 0.124 e. The first kappa shape index (κ1) is 8.88. The molecule has 0 amide bonds. The Labute approximate surface area is 82.2 Å². The molecule has 1 nitrogen and oxygen atoms in total. The molecule has 2 heteroatoms. The van der Waals surface area contributed by atoms with Gasteiger partial charge < -0.3 is 0 Å². The molecule has 0 radical (unpaired) electrons. The molecule has 0 bridgehead atoms. The molecule has 1 aromatic heterocycles. The lowest BCUT2D eigenvalue weighted by atomic mass is 10.1. The summed E-state index contributed by atoms with van der Waals surface area (Å²) in [6.07, 6.45) is 3.43. The van der Waals surface area contributed by atoms with E-state index in [9.17, 15) is 4.39 Å². The predicted octanol–water partition coefficient (Wildman–Crippen LogP) is 3.20. The third-order valence-electron chi connectivity index (χ3n) is 2.04. The molecule has 2 rings (SSSR count). The molecule has 1 heterocycles. The summed E-state index contributed by atoms with van der Waals surface area (Å²) in [5.41, 5.74) is 2.73. The van der Waals surface area contributed by atoms with E-state index in [1.54, 1.807) is 12.4 Å². The van der Waals surface area contributed by atoms with E-state index in [4.69, 9.17) is 0 Å². The number of hydrogen-bond donors (Lipinski definition) is 0. The first-order valence-corrected chi connectivity index (χ1v) is 4.43. The lowest BCUT2D eigenvalue weighted by Gasteiger charge is -2.02. The fraction of sp³-hybridized carbons (Fsp3) is 0.0833. The lowest BCUT2D eigenvalue weighted by molar-refractivity contribution is 0.627. The highest BCUT2D eigenvalue weighted by Crippen LogP contribution is 2.20. The number of pyridine rings is 1. The van der Waals surface area contributed by atoms with Gasteiger partial charge in [0.05, 0.1) is 0 Å². The molecule has 0 fully saturated rings. The molecule has 0 aliphatic heterocycles. The third-order valence-corrected chi connectivity index (χ3v) is 2.04. The second-order valence-electron chi connectivity index (χ2n) is 3.26. The Morgan fingerprint density at radius 1 is 1.14 bits per heavy atom. The van der Waals surface area contributed by atoms with Crippen molar-refractivity contribution in [2.45, 2.75) is 6.92 Å². The van der Waals surface area contributed by atoms with Crippen molar-refractivity contribution in [3.8, 4) is 11.1 Å². The molecular formula is C12H10FN. The zero-order chi connectivity index (χ0) is 9.97. The van der Waals surface area contributed by atoms with Crippen molar-refractivity contribution >= 4 is 0 Å². The normalized spacial score (nSPS) is 10.1. The van der Waals surface area contributed by atoms with Crippen molar-refractivity contribution in [3.05, 3.63) is 54.1 Å². The number of rotatable bonds is 1. The SMILES string of the molecule is Cc1cc(F)cc(-c2cccnc2)c1. The molecule has 1 aromatic carbocycles. The summed E-state index contributed by atoms with van der Waals surface area (Å²) >= 11 is 0. The minimum absolute atomic E-state index is 0.205. The molecule has 0 N–H and O–H groups in total. The maximum absolute atomic E-state index is 13.1. The summed E-state index contributed by atoms with van der Waals surface area (Å²) in [6.45, 7) is 1.88. The van der Waals surface area contributed by atoms with Crippen LogP contribution in [-0.2, 0) is 0 Å². The molecule has 70 valence electrons. The van der Waals surface area contributed by atoms with E-state index in [0.717, 1.165) is 16.7 Å². The van der Waals surface area contributed by atoms with Gasteiger partial charge in [-0.15, -0.1) is 0 Å². The van der Waals surface area contributed by atoms with Gasteiger partial charge in [0.25, 0.3) is 0 Å². The standard InChI is InChI=1S/C12H10FN/c1-9-5-11(7-12(13)6-9)10-3-2-4-14-8-10/h2-8H,1H3. The summed E-state index contributed by atoms with van der Waals surface area (Å²) < 4.78 is 13.1. The molecule has 0 spiro atoms. The van der Waals surface area contributed by atoms with E-state index in [-0.39, 0.29) is 5.82 Å². The first-order chi connectivity index (χ1) is 6.75. The largest absolute Gasteiger partial charge is 0.264 e. The Balaban J connectivity index is 2.52. The predicted molar refractivity (Wildman–Crippen MR) is 54.4 cm³/mol. The van der Waals surface area contributed by atoms with Crippen molar-refractivity contribution in [2.75, 3.05) is 0 Å². The monoisotopic (exact) mass is 187 g/mol. The number of hydrogen-bond acceptors (Lipinski definition) is 1. The van der Waals surface area contributed by atoms with Gasteiger partial charge in [-0.05, 0) is 36.2 Å². The summed E-state index contributed by atoms with van der Waals surface area (Å²) in [5.74, 6) is -0.205.